The summed E-state index contributed by atoms with van der Waals surface area (Å²) in [5.74, 6) is 0. The number of halogens is 1. The average molecular weight is 461 g/mol. The van der Waals surface area contributed by atoms with Gasteiger partial charge in [0.25, 0.3) is 0 Å². The summed E-state index contributed by atoms with van der Waals surface area (Å²) < 4.78 is 0. The molecule has 0 aliphatic carbocycles. The lowest BCUT2D eigenvalue weighted by Crippen LogP contribution is -3.00. The Kier molecular flexibility index (Phi) is 6.73. The van der Waals surface area contributed by atoms with E-state index in [-0.39, 0.29) is 17.0 Å². The first-order chi connectivity index (χ1) is 13.6. The van der Waals surface area contributed by atoms with Gasteiger partial charge in [-0.1, -0.05) is 72.3 Å². The fourth-order valence-electron chi connectivity index (χ4n) is 4.49. The van der Waals surface area contributed by atoms with Crippen molar-refractivity contribution in [2.45, 2.75) is 20.8 Å². The van der Waals surface area contributed by atoms with Gasteiger partial charge in [-0.3, -0.25) is 0 Å². The lowest BCUT2D eigenvalue weighted by Gasteiger charge is -2.30. The van der Waals surface area contributed by atoms with E-state index < -0.39 is 7.26 Å². The normalized spacial score (nSPS) is 11.0. The zero-order valence-electron chi connectivity index (χ0n) is 17.1. The number of aryl methyl sites for hydroxylation is 3. The van der Waals surface area contributed by atoms with Crippen LogP contribution in [0.3, 0.4) is 0 Å². The highest BCUT2D eigenvalue weighted by molar-refractivity contribution is 8.01. The van der Waals surface area contributed by atoms with Gasteiger partial charge < -0.3 is 17.0 Å². The maximum absolute atomic E-state index is 2.34. The second kappa shape index (κ2) is 9.08. The molecule has 0 aliphatic heterocycles. The minimum absolute atomic E-state index is 0. The van der Waals surface area contributed by atoms with E-state index in [0.29, 0.717) is 0 Å². The van der Waals surface area contributed by atoms with Crippen molar-refractivity contribution in [1.29, 1.82) is 0 Å². The van der Waals surface area contributed by atoms with Crippen molar-refractivity contribution < 1.29 is 17.0 Å². The molecule has 4 aromatic rings. The molecule has 0 spiro atoms. The van der Waals surface area contributed by atoms with Crippen molar-refractivity contribution in [3.8, 4) is 0 Å². The average Bonchev–Trinajstić information content (AvgIpc) is 2.72. The first-order valence-electron chi connectivity index (χ1n) is 9.78. The molecule has 29 heavy (non-hydrogen) atoms. The van der Waals surface area contributed by atoms with Crippen LogP contribution in [0.5, 0.6) is 0 Å². The van der Waals surface area contributed by atoms with Crippen LogP contribution >= 0.6 is 7.26 Å². The third-order valence-corrected chi connectivity index (χ3v) is 10.00. The first kappa shape index (κ1) is 21.5. The maximum Gasteiger partial charge on any atom is 0.144 e. The predicted octanol–water partition coefficient (Wildman–Crippen LogP) is 2.24. The monoisotopic (exact) mass is 460 g/mol. The molecule has 146 valence electrons. The third-order valence-electron chi connectivity index (χ3n) is 5.40. The number of rotatable bonds is 4. The molecule has 0 N–H and O–H groups in total. The van der Waals surface area contributed by atoms with Crippen LogP contribution in [0.25, 0.3) is 0 Å². The van der Waals surface area contributed by atoms with Gasteiger partial charge in [0.1, 0.15) is 28.5 Å². The molecule has 0 saturated carbocycles. The van der Waals surface area contributed by atoms with Gasteiger partial charge in [0.2, 0.25) is 0 Å². The SMILES string of the molecule is Cc1cc(C)c([P+](c2ccccc2)(c2ccccc2)c2ccccc2)c(C)c1.[Br-]. The van der Waals surface area contributed by atoms with Crippen LogP contribution in [0.4, 0.5) is 0 Å². The minimum atomic E-state index is -2.00. The van der Waals surface area contributed by atoms with Gasteiger partial charge in [0.15, 0.2) is 0 Å². The Bertz CT molecular complexity index is 954. The molecule has 4 aromatic carbocycles. The van der Waals surface area contributed by atoms with E-state index in [1.54, 1.807) is 0 Å². The van der Waals surface area contributed by atoms with Crippen LogP contribution in [0.15, 0.2) is 103 Å². The number of benzene rings is 4. The highest BCUT2D eigenvalue weighted by Crippen LogP contribution is 2.55. The summed E-state index contributed by atoms with van der Waals surface area (Å²) in [6.07, 6.45) is 0. The quantitative estimate of drug-likeness (QED) is 0.409. The Morgan fingerprint density at radius 2 is 0.793 bits per heavy atom. The molecule has 0 atom stereocenters. The van der Waals surface area contributed by atoms with E-state index in [1.807, 2.05) is 0 Å². The summed E-state index contributed by atoms with van der Waals surface area (Å²) in [6.45, 7) is 6.75. The molecule has 0 bridgehead atoms. The van der Waals surface area contributed by atoms with Crippen molar-refractivity contribution in [3.63, 3.8) is 0 Å². The van der Waals surface area contributed by atoms with E-state index in [2.05, 4.69) is 124 Å². The molecule has 4 rings (SSSR count). The van der Waals surface area contributed by atoms with Crippen molar-refractivity contribution in [2.24, 2.45) is 0 Å². The molecule has 0 fully saturated rings. The fraction of sp³-hybridized carbons (Fsp3) is 0.111. The Labute approximate surface area is 185 Å². The van der Waals surface area contributed by atoms with E-state index in [0.717, 1.165) is 0 Å². The van der Waals surface area contributed by atoms with Crippen LogP contribution in [-0.2, 0) is 0 Å². The van der Waals surface area contributed by atoms with Gasteiger partial charge in [-0.15, -0.1) is 0 Å². The van der Waals surface area contributed by atoms with Crippen LogP contribution in [-0.4, -0.2) is 0 Å². The summed E-state index contributed by atoms with van der Waals surface area (Å²) in [5.41, 5.74) is 4.08. The molecular formula is C27H26BrP. The Morgan fingerprint density at radius 3 is 1.10 bits per heavy atom. The zero-order valence-corrected chi connectivity index (χ0v) is 19.6. The van der Waals surface area contributed by atoms with E-state index in [1.165, 1.54) is 37.9 Å². The Hall–Kier alpha value is -2.21. The molecule has 0 unspecified atom stereocenters. The van der Waals surface area contributed by atoms with E-state index >= 15 is 0 Å². The molecule has 0 aliphatic rings. The topological polar surface area (TPSA) is 0 Å². The van der Waals surface area contributed by atoms with Gasteiger partial charge in [-0.05, 0) is 68.3 Å². The Morgan fingerprint density at radius 1 is 0.483 bits per heavy atom. The molecule has 2 heteroatoms. The number of hydrogen-bond acceptors (Lipinski definition) is 0. The van der Waals surface area contributed by atoms with Crippen LogP contribution in [0.1, 0.15) is 16.7 Å². The molecular weight excluding hydrogens is 435 g/mol. The molecule has 0 amide bonds. The summed E-state index contributed by atoms with van der Waals surface area (Å²) in [4.78, 5) is 0. The van der Waals surface area contributed by atoms with Crippen molar-refractivity contribution in [1.82, 2.24) is 0 Å². The van der Waals surface area contributed by atoms with E-state index in [9.17, 15) is 0 Å². The van der Waals surface area contributed by atoms with Crippen molar-refractivity contribution in [3.05, 3.63) is 120 Å². The standard InChI is InChI=1S/C27H26P.BrH/c1-21-19-22(2)27(23(3)20-21)28(24-13-7-4-8-14-24,25-15-9-5-10-16-25)26-17-11-6-12-18-26;/h4-20H,1-3H3;1H/q+1;/p-1. The highest BCUT2D eigenvalue weighted by Gasteiger charge is 2.49. The van der Waals surface area contributed by atoms with Crippen molar-refractivity contribution >= 4 is 28.5 Å². The zero-order chi connectivity index (χ0) is 19.6. The molecule has 0 saturated heterocycles. The highest BCUT2D eigenvalue weighted by atomic mass is 79.9. The third kappa shape index (κ3) is 3.82. The maximum atomic E-state index is 2.34. The first-order valence-corrected chi connectivity index (χ1v) is 11.6. The lowest BCUT2D eigenvalue weighted by molar-refractivity contribution is -0.00000562. The molecule has 0 heterocycles. The van der Waals surface area contributed by atoms with E-state index in [4.69, 9.17) is 0 Å². The summed E-state index contributed by atoms with van der Waals surface area (Å²) in [6, 6.07) is 37.9. The predicted molar refractivity (Wildman–Crippen MR) is 125 cm³/mol. The Balaban J connectivity index is 0.00000240. The second-order valence-corrected chi connectivity index (χ2v) is 10.8. The smallest absolute Gasteiger partial charge is 0.144 e. The molecule has 0 nitrogen and oxygen atoms in total. The minimum Gasteiger partial charge on any atom is -1.00 e. The van der Waals surface area contributed by atoms with Crippen molar-refractivity contribution in [2.75, 3.05) is 0 Å². The number of hydrogen-bond donors (Lipinski definition) is 0. The van der Waals surface area contributed by atoms with Gasteiger partial charge in [-0.25, -0.2) is 0 Å². The van der Waals surface area contributed by atoms with Gasteiger partial charge >= 0.3 is 0 Å². The second-order valence-electron chi connectivity index (χ2n) is 7.42. The summed E-state index contributed by atoms with van der Waals surface area (Å²) >= 11 is 0. The largest absolute Gasteiger partial charge is 1.00 e. The van der Waals surface area contributed by atoms with Crippen LogP contribution < -0.4 is 38.2 Å². The van der Waals surface area contributed by atoms with Gasteiger partial charge in [0.05, 0.1) is 0 Å². The summed E-state index contributed by atoms with van der Waals surface area (Å²) in [5, 5.41) is 5.70. The van der Waals surface area contributed by atoms with Gasteiger partial charge in [0, 0.05) is 0 Å². The molecule has 0 aromatic heterocycles. The van der Waals surface area contributed by atoms with Gasteiger partial charge in [-0.2, -0.15) is 0 Å². The van der Waals surface area contributed by atoms with Crippen LogP contribution in [0.2, 0.25) is 0 Å². The molecule has 0 radical (unpaired) electrons. The lowest BCUT2D eigenvalue weighted by atomic mass is 10.1. The fourth-order valence-corrected chi connectivity index (χ4v) is 9.21. The summed E-state index contributed by atoms with van der Waals surface area (Å²) in [7, 11) is -2.00. The van der Waals surface area contributed by atoms with Crippen LogP contribution in [0, 0.1) is 20.8 Å².